The van der Waals surface area contributed by atoms with Gasteiger partial charge in [-0.15, -0.1) is 0 Å². The van der Waals surface area contributed by atoms with Crippen LogP contribution in [-0.4, -0.2) is 177 Å². The van der Waals surface area contributed by atoms with Gasteiger partial charge in [0.15, 0.2) is 11.1 Å². The van der Waals surface area contributed by atoms with E-state index in [4.69, 9.17) is 0 Å². The Kier molecular flexibility index (Phi) is 11.4. The van der Waals surface area contributed by atoms with Crippen molar-refractivity contribution in [2.24, 2.45) is 0 Å². The van der Waals surface area contributed by atoms with Crippen LogP contribution >= 0.6 is 0 Å². The highest BCUT2D eigenvalue weighted by atomic mass is 16.4. The van der Waals surface area contributed by atoms with E-state index in [-0.39, 0.29) is 52.4 Å². The molecule has 4 saturated heterocycles. The van der Waals surface area contributed by atoms with Crippen molar-refractivity contribution in [3.8, 4) is 0 Å². The first kappa shape index (κ1) is 46.3. The van der Waals surface area contributed by atoms with Gasteiger partial charge in [-0.05, 0) is 111 Å². The second-order valence-corrected chi connectivity index (χ2v) is 22.7. The Morgan fingerprint density at radius 1 is 0.411 bits per heavy atom. The number of carboxylic acids is 4. The highest BCUT2D eigenvalue weighted by molar-refractivity contribution is 6.02. The van der Waals surface area contributed by atoms with Crippen LogP contribution < -0.4 is 21.3 Å². The van der Waals surface area contributed by atoms with E-state index in [1.165, 1.54) is 4.90 Å². The molecule has 2 unspecified atom stereocenters. The molecule has 8 N–H and O–H groups in total. The molecule has 0 spiro atoms. The number of hydrogen-bond acceptors (Lipinski definition) is 12. The average Bonchev–Trinajstić information content (AvgIpc) is 2.86. The summed E-state index contributed by atoms with van der Waals surface area (Å²) in [5.41, 5.74) is -15.3. The van der Waals surface area contributed by atoms with Gasteiger partial charge in [-0.25, -0.2) is 9.59 Å². The second kappa shape index (κ2) is 13.8. The Morgan fingerprint density at radius 3 is 0.875 bits per heavy atom. The summed E-state index contributed by atoms with van der Waals surface area (Å²) < 4.78 is 0. The quantitative estimate of drug-likeness (QED) is 0.150. The summed E-state index contributed by atoms with van der Waals surface area (Å²) in [6, 6.07) is 0. The van der Waals surface area contributed by atoms with Crippen molar-refractivity contribution >= 4 is 23.9 Å². The Bertz CT molecular complexity index is 1490. The zero-order chi connectivity index (χ0) is 43.3. The highest BCUT2D eigenvalue weighted by Gasteiger charge is 2.84. The number of nitrogens with zero attached hydrogens (tertiary/aromatic N) is 4. The van der Waals surface area contributed by atoms with Crippen molar-refractivity contribution in [2.45, 2.75) is 178 Å². The van der Waals surface area contributed by atoms with Crippen molar-refractivity contribution in [2.75, 3.05) is 52.4 Å². The van der Waals surface area contributed by atoms with Crippen LogP contribution in [0, 0.1) is 0 Å². The van der Waals surface area contributed by atoms with Crippen molar-refractivity contribution < 1.29 is 39.6 Å². The molecule has 4 rings (SSSR count). The van der Waals surface area contributed by atoms with E-state index in [9.17, 15) is 25.2 Å². The largest absolute Gasteiger partial charge is 0.481 e. The molecule has 0 saturated carbocycles. The number of carboxylic acid groups (broad SMARTS) is 4. The van der Waals surface area contributed by atoms with Crippen molar-refractivity contribution in [1.82, 2.24) is 40.9 Å². The molecule has 4 heterocycles. The molecule has 0 aromatic heterocycles. The van der Waals surface area contributed by atoms with E-state index in [1.54, 1.807) is 14.7 Å². The Balaban J connectivity index is 2.44. The van der Waals surface area contributed by atoms with E-state index in [2.05, 4.69) is 21.3 Å². The van der Waals surface area contributed by atoms with Crippen LogP contribution in [0.5, 0.6) is 0 Å². The molecule has 2 atom stereocenters. The molecule has 0 aromatic rings. The lowest BCUT2D eigenvalue weighted by Crippen LogP contribution is -2.97. The van der Waals surface area contributed by atoms with E-state index < -0.39 is 91.4 Å². The monoisotopic (exact) mass is 795 g/mol. The number of rotatable bonds is 11. The van der Waals surface area contributed by atoms with Crippen LogP contribution in [-0.2, 0) is 19.2 Å². The topological polar surface area (TPSA) is 210 Å². The molecule has 16 nitrogen and oxygen atoms in total. The minimum atomic E-state index is -3.01. The third-order valence-corrected chi connectivity index (χ3v) is 11.8. The minimum Gasteiger partial charge on any atom is -0.481 e. The first-order chi connectivity index (χ1) is 24.8. The SMILES string of the molecule is CC1(C)CN(C(CC(=O)O)(C(=O)O)C(C(=O)O)(N2CC(C)(C)NC(C)(C)C2)C(C(=O)O)(N2CC(C)(C)NC(C)(C)C2)N2CC(C)(C)NC(C)(C)C2)CC(C)(C)N1. The fraction of sp³-hybridized carbons (Fsp3) is 0.900. The summed E-state index contributed by atoms with van der Waals surface area (Å²) in [7, 11) is 0. The smallest absolute Gasteiger partial charge is 0.342 e. The molecule has 0 aromatic carbocycles. The van der Waals surface area contributed by atoms with Crippen molar-refractivity contribution in [3.05, 3.63) is 0 Å². The van der Waals surface area contributed by atoms with Gasteiger partial charge in [0.05, 0.1) is 6.42 Å². The minimum absolute atomic E-state index is 0.00271. The highest BCUT2D eigenvalue weighted by Crippen LogP contribution is 2.54. The molecule has 322 valence electrons. The molecule has 16 heteroatoms. The van der Waals surface area contributed by atoms with Gasteiger partial charge in [0.2, 0.25) is 5.66 Å². The molecule has 56 heavy (non-hydrogen) atoms. The van der Waals surface area contributed by atoms with E-state index in [0.29, 0.717) is 0 Å². The lowest BCUT2D eigenvalue weighted by molar-refractivity contribution is -0.260. The summed E-state index contributed by atoms with van der Waals surface area (Å²) in [4.78, 5) is 66.2. The number of aliphatic carboxylic acids is 4. The van der Waals surface area contributed by atoms with Gasteiger partial charge < -0.3 is 41.7 Å². The van der Waals surface area contributed by atoms with Gasteiger partial charge in [0.25, 0.3) is 0 Å². The van der Waals surface area contributed by atoms with Gasteiger partial charge >= 0.3 is 23.9 Å². The third kappa shape index (κ3) is 8.23. The lowest BCUT2D eigenvalue weighted by atomic mass is 9.59. The molecule has 0 radical (unpaired) electrons. The Morgan fingerprint density at radius 2 is 0.661 bits per heavy atom. The van der Waals surface area contributed by atoms with E-state index in [1.807, 2.05) is 111 Å². The molecular formula is C40H74N8O8. The van der Waals surface area contributed by atoms with Gasteiger partial charge in [0, 0.05) is 96.7 Å². The number of piperazine rings is 4. The summed E-state index contributed by atoms with van der Waals surface area (Å²) in [6.07, 6.45) is -1.20. The second-order valence-electron chi connectivity index (χ2n) is 22.7. The first-order valence-corrected chi connectivity index (χ1v) is 19.9. The number of nitrogens with one attached hydrogen (secondary N) is 4. The predicted molar refractivity (Wildman–Crippen MR) is 215 cm³/mol. The normalized spacial score (nSPS) is 29.6. The predicted octanol–water partition coefficient (Wildman–Crippen LogP) is 1.74. The molecule has 4 aliphatic rings. The standard InChI is InChI=1S/C40H74N8O8/c1-30(2)18-45(19-31(3,4)41-30)38(27(51)52,17-26(49)50)39(28(53)54,46-20-32(5,6)42-33(7,8)21-46)40(29(55)56,47-22-34(9,10)43-35(11,12)23-47)48-24-36(13,14)44-37(15,16)25-48/h41-44H,17-25H2,1-16H3,(H,49,50)(H,51,52)(H,53,54)(H,55,56). The van der Waals surface area contributed by atoms with E-state index >= 15 is 14.4 Å². The van der Waals surface area contributed by atoms with Crippen molar-refractivity contribution in [1.29, 1.82) is 0 Å². The molecule has 4 fully saturated rings. The summed E-state index contributed by atoms with van der Waals surface area (Å²) in [6.45, 7) is 29.9. The maximum absolute atomic E-state index is 15.6. The van der Waals surface area contributed by atoms with Crippen LogP contribution in [0.1, 0.15) is 117 Å². The van der Waals surface area contributed by atoms with Crippen LogP contribution in [0.4, 0.5) is 0 Å². The molecular weight excluding hydrogens is 720 g/mol. The Hall–Kier alpha value is -2.44. The van der Waals surface area contributed by atoms with Crippen LogP contribution in [0.2, 0.25) is 0 Å². The Labute approximate surface area is 334 Å². The van der Waals surface area contributed by atoms with Gasteiger partial charge in [-0.2, -0.15) is 0 Å². The van der Waals surface area contributed by atoms with Gasteiger partial charge in [0.1, 0.15) is 0 Å². The van der Waals surface area contributed by atoms with Crippen molar-refractivity contribution in [3.63, 3.8) is 0 Å². The number of carbonyl (C=O) groups is 4. The summed E-state index contributed by atoms with van der Waals surface area (Å²) in [5.74, 6) is -6.53. The zero-order valence-electron chi connectivity index (χ0n) is 37.1. The fourth-order valence-corrected chi connectivity index (χ4v) is 12.4. The zero-order valence-corrected chi connectivity index (χ0v) is 37.1. The maximum atomic E-state index is 15.6. The molecule has 0 aliphatic carbocycles. The fourth-order valence-electron chi connectivity index (χ4n) is 12.4. The number of hydrogen-bond donors (Lipinski definition) is 8. The van der Waals surface area contributed by atoms with Crippen LogP contribution in [0.15, 0.2) is 0 Å². The molecule has 4 aliphatic heterocycles. The van der Waals surface area contributed by atoms with Crippen LogP contribution in [0.3, 0.4) is 0 Å². The third-order valence-electron chi connectivity index (χ3n) is 11.8. The molecule has 0 bridgehead atoms. The maximum Gasteiger partial charge on any atom is 0.342 e. The van der Waals surface area contributed by atoms with E-state index in [0.717, 1.165) is 0 Å². The lowest BCUT2D eigenvalue weighted by Gasteiger charge is -2.71. The summed E-state index contributed by atoms with van der Waals surface area (Å²) in [5, 5.41) is 62.8. The first-order valence-electron chi connectivity index (χ1n) is 19.9. The van der Waals surface area contributed by atoms with Gasteiger partial charge in [-0.3, -0.25) is 29.2 Å². The van der Waals surface area contributed by atoms with Crippen LogP contribution in [0.25, 0.3) is 0 Å². The van der Waals surface area contributed by atoms with Gasteiger partial charge in [-0.1, -0.05) is 0 Å². The molecule has 0 amide bonds. The summed E-state index contributed by atoms with van der Waals surface area (Å²) >= 11 is 0. The average molecular weight is 795 g/mol.